The third-order valence-corrected chi connectivity index (χ3v) is 6.85. The molecule has 0 radical (unpaired) electrons. The molecule has 1 aliphatic carbocycles. The fourth-order valence-electron chi connectivity index (χ4n) is 4.87. The quantitative estimate of drug-likeness (QED) is 0.798. The van der Waals surface area contributed by atoms with Crippen molar-refractivity contribution in [3.8, 4) is 0 Å². The molecule has 0 spiro atoms. The molecule has 1 aromatic carbocycles. The van der Waals surface area contributed by atoms with Gasteiger partial charge in [0.2, 0.25) is 0 Å². The zero-order valence-electron chi connectivity index (χ0n) is 15.7. The summed E-state index contributed by atoms with van der Waals surface area (Å²) in [5.41, 5.74) is 4.03. The van der Waals surface area contributed by atoms with Gasteiger partial charge >= 0.3 is 6.03 Å². The summed E-state index contributed by atoms with van der Waals surface area (Å²) in [5, 5.41) is 4.65. The molecule has 1 fully saturated rings. The lowest BCUT2D eigenvalue weighted by atomic mass is 9.74. The van der Waals surface area contributed by atoms with Crippen LogP contribution in [0, 0.1) is 0 Å². The molecule has 2 heterocycles. The number of benzene rings is 1. The van der Waals surface area contributed by atoms with Gasteiger partial charge in [-0.3, -0.25) is 0 Å². The maximum Gasteiger partial charge on any atom is 0.317 e. The average Bonchev–Trinajstić information content (AvgIpc) is 2.94. The van der Waals surface area contributed by atoms with E-state index in [4.69, 9.17) is 0 Å². The standard InChI is InChI=1S/C20H27BrN4O/c1-4-25(5-2)20(26)22-12-9-14-13-7-6-8-16-18(13)15(19(21)23-16)10-17(14)24(3)11-12/h6-8,12,14,17,23H,4-5,9-11H2,1-3H3,(H,22,26)/t12-,14?,17?/m1/s1. The molecule has 2 unspecified atom stereocenters. The lowest BCUT2D eigenvalue weighted by Gasteiger charge is -2.46. The van der Waals surface area contributed by atoms with Gasteiger partial charge in [0.1, 0.15) is 0 Å². The number of aromatic nitrogens is 1. The molecule has 6 heteroatoms. The molecule has 2 aromatic rings. The van der Waals surface area contributed by atoms with E-state index in [9.17, 15) is 4.79 Å². The van der Waals surface area contributed by atoms with Gasteiger partial charge in [-0.15, -0.1) is 0 Å². The molecule has 1 aromatic heterocycles. The minimum atomic E-state index is 0.0611. The minimum absolute atomic E-state index is 0.0611. The van der Waals surface area contributed by atoms with Gasteiger partial charge in [-0.25, -0.2) is 4.79 Å². The summed E-state index contributed by atoms with van der Waals surface area (Å²) in [7, 11) is 2.19. The number of likely N-dealkylation sites (N-methyl/N-ethyl adjacent to an activating group) is 1. The first-order valence-electron chi connectivity index (χ1n) is 9.58. The van der Waals surface area contributed by atoms with Crippen molar-refractivity contribution in [2.75, 3.05) is 26.7 Å². The van der Waals surface area contributed by atoms with E-state index in [2.05, 4.69) is 56.4 Å². The number of fused-ring (bicyclic) bond motifs is 2. The van der Waals surface area contributed by atoms with Crippen LogP contribution in [0.25, 0.3) is 10.9 Å². The van der Waals surface area contributed by atoms with E-state index >= 15 is 0 Å². The molecule has 2 amide bonds. The van der Waals surface area contributed by atoms with E-state index in [-0.39, 0.29) is 12.1 Å². The third-order valence-electron chi connectivity index (χ3n) is 6.18. The van der Waals surface area contributed by atoms with Crippen molar-refractivity contribution in [2.24, 2.45) is 0 Å². The number of nitrogens with one attached hydrogen (secondary N) is 2. The van der Waals surface area contributed by atoms with E-state index in [1.54, 1.807) is 0 Å². The number of aromatic amines is 1. The molecule has 26 heavy (non-hydrogen) atoms. The fourth-order valence-corrected chi connectivity index (χ4v) is 5.44. The van der Waals surface area contributed by atoms with Gasteiger partial charge in [0.15, 0.2) is 0 Å². The summed E-state index contributed by atoms with van der Waals surface area (Å²) in [6.45, 7) is 6.45. The lowest BCUT2D eigenvalue weighted by Crippen LogP contribution is -2.56. The average molecular weight is 419 g/mol. The summed E-state index contributed by atoms with van der Waals surface area (Å²) in [6.07, 6.45) is 2.05. The zero-order valence-corrected chi connectivity index (χ0v) is 17.3. The van der Waals surface area contributed by atoms with Crippen LogP contribution in [-0.4, -0.2) is 59.6 Å². The van der Waals surface area contributed by atoms with E-state index in [0.717, 1.165) is 37.1 Å². The van der Waals surface area contributed by atoms with Crippen molar-refractivity contribution < 1.29 is 4.79 Å². The predicted octanol–water partition coefficient (Wildman–Crippen LogP) is 3.69. The number of rotatable bonds is 3. The third kappa shape index (κ3) is 2.83. The number of hydrogen-bond donors (Lipinski definition) is 2. The molecular weight excluding hydrogens is 392 g/mol. The van der Waals surface area contributed by atoms with Crippen LogP contribution in [0.1, 0.15) is 37.3 Å². The number of carbonyl (C=O) groups excluding carboxylic acids is 1. The second-order valence-electron chi connectivity index (χ2n) is 7.56. The van der Waals surface area contributed by atoms with Gasteiger partial charge in [0.05, 0.1) is 4.60 Å². The van der Waals surface area contributed by atoms with E-state index in [1.165, 1.54) is 22.0 Å². The second kappa shape index (κ2) is 6.89. The molecule has 4 rings (SSSR count). The SMILES string of the molecule is CCN(CC)C(=O)N[C@@H]1CC2c3cccc4[nH]c(Br)c(c34)CC2N(C)C1. The Morgan fingerprint density at radius 1 is 1.38 bits per heavy atom. The number of urea groups is 1. The molecule has 3 atom stereocenters. The Kier molecular flexibility index (Phi) is 4.73. The van der Waals surface area contributed by atoms with Crippen LogP contribution in [0.2, 0.25) is 0 Å². The largest absolute Gasteiger partial charge is 0.349 e. The van der Waals surface area contributed by atoms with Crippen molar-refractivity contribution >= 4 is 32.9 Å². The number of amides is 2. The van der Waals surface area contributed by atoms with Crippen molar-refractivity contribution in [1.82, 2.24) is 20.1 Å². The number of carbonyl (C=O) groups is 1. The summed E-state index contributed by atoms with van der Waals surface area (Å²) >= 11 is 3.71. The van der Waals surface area contributed by atoms with Gasteiger partial charge in [0, 0.05) is 48.5 Å². The Bertz CT molecular complexity index is 829. The molecule has 1 saturated heterocycles. The maximum atomic E-state index is 12.5. The minimum Gasteiger partial charge on any atom is -0.349 e. The number of hydrogen-bond acceptors (Lipinski definition) is 2. The zero-order chi connectivity index (χ0) is 18.4. The number of likely N-dealkylation sites (tertiary alicyclic amines) is 1. The number of halogens is 1. The van der Waals surface area contributed by atoms with E-state index < -0.39 is 0 Å². The highest BCUT2D eigenvalue weighted by atomic mass is 79.9. The highest BCUT2D eigenvalue weighted by Gasteiger charge is 2.40. The summed E-state index contributed by atoms with van der Waals surface area (Å²) in [6, 6.07) is 7.30. The topological polar surface area (TPSA) is 51.4 Å². The number of H-pyrrole nitrogens is 1. The Morgan fingerprint density at radius 2 is 2.15 bits per heavy atom. The summed E-state index contributed by atoms with van der Waals surface area (Å²) in [5.74, 6) is 0.453. The lowest BCUT2D eigenvalue weighted by molar-refractivity contribution is 0.124. The molecule has 0 saturated carbocycles. The van der Waals surface area contributed by atoms with Crippen molar-refractivity contribution in [1.29, 1.82) is 0 Å². The van der Waals surface area contributed by atoms with Gasteiger partial charge in [-0.1, -0.05) is 12.1 Å². The predicted molar refractivity (Wildman–Crippen MR) is 109 cm³/mol. The monoisotopic (exact) mass is 418 g/mol. The van der Waals surface area contributed by atoms with E-state index in [1.807, 2.05) is 18.7 Å². The van der Waals surface area contributed by atoms with E-state index in [0.29, 0.717) is 12.0 Å². The number of piperidine rings is 1. The smallest absolute Gasteiger partial charge is 0.317 e. The fraction of sp³-hybridized carbons (Fsp3) is 0.550. The van der Waals surface area contributed by atoms with Crippen LogP contribution in [0.4, 0.5) is 4.79 Å². The molecule has 5 nitrogen and oxygen atoms in total. The van der Waals surface area contributed by atoms with Crippen LogP contribution in [0.3, 0.4) is 0 Å². The molecule has 2 N–H and O–H groups in total. The van der Waals surface area contributed by atoms with Gasteiger partial charge in [-0.05, 0) is 66.9 Å². The van der Waals surface area contributed by atoms with Crippen LogP contribution < -0.4 is 5.32 Å². The molecule has 140 valence electrons. The Labute approximate surface area is 163 Å². The van der Waals surface area contributed by atoms with Crippen LogP contribution in [-0.2, 0) is 6.42 Å². The van der Waals surface area contributed by atoms with Crippen LogP contribution >= 0.6 is 15.9 Å². The normalized spacial score (nSPS) is 25.2. The number of nitrogens with zero attached hydrogens (tertiary/aromatic N) is 2. The van der Waals surface area contributed by atoms with Gasteiger partial charge < -0.3 is 20.1 Å². The second-order valence-corrected chi connectivity index (χ2v) is 8.35. The highest BCUT2D eigenvalue weighted by molar-refractivity contribution is 9.10. The molecule has 0 bridgehead atoms. The van der Waals surface area contributed by atoms with Gasteiger partial charge in [0.25, 0.3) is 0 Å². The summed E-state index contributed by atoms with van der Waals surface area (Å²) < 4.78 is 1.11. The maximum absolute atomic E-state index is 12.5. The Hall–Kier alpha value is -1.53. The Morgan fingerprint density at radius 3 is 2.88 bits per heavy atom. The first-order chi connectivity index (χ1) is 12.5. The first kappa shape index (κ1) is 17.9. The van der Waals surface area contributed by atoms with Crippen molar-refractivity contribution in [3.05, 3.63) is 33.9 Å². The molecule has 1 aliphatic heterocycles. The van der Waals surface area contributed by atoms with Crippen molar-refractivity contribution in [2.45, 2.75) is 44.7 Å². The Balaban J connectivity index is 1.63. The van der Waals surface area contributed by atoms with Gasteiger partial charge in [-0.2, -0.15) is 0 Å². The molecule has 2 aliphatic rings. The highest BCUT2D eigenvalue weighted by Crippen LogP contribution is 2.45. The van der Waals surface area contributed by atoms with Crippen molar-refractivity contribution in [3.63, 3.8) is 0 Å². The summed E-state index contributed by atoms with van der Waals surface area (Å²) in [4.78, 5) is 20.3. The first-order valence-corrected chi connectivity index (χ1v) is 10.4. The van der Waals surface area contributed by atoms with Crippen LogP contribution in [0.15, 0.2) is 22.8 Å². The molecular formula is C20H27BrN4O. The van der Waals surface area contributed by atoms with Crippen LogP contribution in [0.5, 0.6) is 0 Å².